The van der Waals surface area contributed by atoms with Crippen molar-refractivity contribution in [3.63, 3.8) is 0 Å². The quantitative estimate of drug-likeness (QED) is 0.317. The Labute approximate surface area is 80.6 Å². The Hall–Kier alpha value is -1.21. The summed E-state index contributed by atoms with van der Waals surface area (Å²) in [6.07, 6.45) is 1.06. The van der Waals surface area contributed by atoms with Crippen LogP contribution in [-0.2, 0) is 19.6 Å². The van der Waals surface area contributed by atoms with Crippen molar-refractivity contribution >= 4 is 16.1 Å². The van der Waals surface area contributed by atoms with E-state index in [0.29, 0.717) is 6.08 Å². The lowest BCUT2D eigenvalue weighted by atomic mass is 10.4. The van der Waals surface area contributed by atoms with Crippen LogP contribution >= 0.6 is 0 Å². The zero-order chi connectivity index (χ0) is 11.4. The molecular weight excluding hydrogens is 215 g/mol. The first-order chi connectivity index (χ1) is 6.27. The number of carbonyl (C=O) groups is 1. The van der Waals surface area contributed by atoms with Gasteiger partial charge in [0, 0.05) is 6.08 Å². The number of hydrogen-bond acceptors (Lipinski definition) is 4. The van der Waals surface area contributed by atoms with E-state index in [4.69, 9.17) is 4.55 Å². The number of carbonyl (C=O) groups excluding carboxylic acids is 1. The molecule has 80 valence electrons. The maximum atomic E-state index is 13.3. The summed E-state index contributed by atoms with van der Waals surface area (Å²) >= 11 is 0. The van der Waals surface area contributed by atoms with Crippen LogP contribution in [0.5, 0.6) is 0 Å². The topological polar surface area (TPSA) is 80.7 Å². The summed E-state index contributed by atoms with van der Waals surface area (Å²) in [5.41, 5.74) is 0. The summed E-state index contributed by atoms with van der Waals surface area (Å²) in [7, 11) is -5.01. The van der Waals surface area contributed by atoms with E-state index in [1.54, 1.807) is 0 Å². The van der Waals surface area contributed by atoms with Gasteiger partial charge in [-0.15, -0.1) is 0 Å². The number of halogens is 1. The van der Waals surface area contributed by atoms with Crippen molar-refractivity contribution in [1.29, 1.82) is 0 Å². The second-order valence-corrected chi connectivity index (χ2v) is 3.91. The largest absolute Gasteiger partial charge is 0.457 e. The van der Waals surface area contributed by atoms with Crippen LogP contribution in [0.3, 0.4) is 0 Å². The summed E-state index contributed by atoms with van der Waals surface area (Å²) < 4.78 is 46.8. The van der Waals surface area contributed by atoms with E-state index in [0.717, 1.165) is 6.08 Å². The number of rotatable bonds is 5. The van der Waals surface area contributed by atoms with Gasteiger partial charge in [0.1, 0.15) is 6.61 Å². The zero-order valence-electron chi connectivity index (χ0n) is 7.14. The van der Waals surface area contributed by atoms with Gasteiger partial charge >= 0.3 is 16.1 Å². The summed E-state index contributed by atoms with van der Waals surface area (Å²) in [6, 6.07) is 0. The van der Waals surface area contributed by atoms with Gasteiger partial charge < -0.3 is 4.74 Å². The van der Waals surface area contributed by atoms with Crippen LogP contribution in [0, 0.1) is 0 Å². The van der Waals surface area contributed by atoms with Crippen molar-refractivity contribution in [2.75, 3.05) is 6.61 Å². The van der Waals surface area contributed by atoms with Crippen molar-refractivity contribution in [2.45, 2.75) is 5.00 Å². The molecular formula is C7H9FO5S. The Morgan fingerprint density at radius 1 is 1.57 bits per heavy atom. The Balaban J connectivity index is 4.67. The summed E-state index contributed by atoms with van der Waals surface area (Å²) in [5, 5.41) is -3.19. The molecule has 0 saturated heterocycles. The van der Waals surface area contributed by atoms with E-state index in [1.165, 1.54) is 0 Å². The third-order valence-corrected chi connectivity index (χ3v) is 2.45. The van der Waals surface area contributed by atoms with Gasteiger partial charge in [0.05, 0.1) is 0 Å². The monoisotopic (exact) mass is 224 g/mol. The lowest BCUT2D eigenvalue weighted by Crippen LogP contribution is -2.36. The highest BCUT2D eigenvalue weighted by Gasteiger charge is 2.41. The van der Waals surface area contributed by atoms with Gasteiger partial charge in [0.2, 0.25) is 0 Å². The molecule has 0 aliphatic heterocycles. The Morgan fingerprint density at radius 3 is 2.36 bits per heavy atom. The molecule has 0 aliphatic rings. The average Bonchev–Trinajstić information content (AvgIpc) is 2.11. The van der Waals surface area contributed by atoms with Crippen LogP contribution in [0.15, 0.2) is 25.3 Å². The summed E-state index contributed by atoms with van der Waals surface area (Å²) in [5.74, 6) is -1.00. The predicted octanol–water partition coefficient (Wildman–Crippen LogP) is 0.455. The van der Waals surface area contributed by atoms with Crippen molar-refractivity contribution in [3.05, 3.63) is 25.3 Å². The number of alkyl halides is 1. The lowest BCUT2D eigenvalue weighted by Gasteiger charge is -2.16. The van der Waals surface area contributed by atoms with E-state index in [1.807, 2.05) is 0 Å². The molecule has 0 amide bonds. The normalized spacial score (nSPS) is 15.3. The van der Waals surface area contributed by atoms with E-state index >= 15 is 0 Å². The van der Waals surface area contributed by atoms with Gasteiger partial charge in [-0.25, -0.2) is 9.18 Å². The minimum absolute atomic E-state index is 0.332. The molecule has 0 saturated carbocycles. The molecule has 0 radical (unpaired) electrons. The molecule has 0 spiro atoms. The molecule has 0 aromatic rings. The predicted molar refractivity (Wildman–Crippen MR) is 46.7 cm³/mol. The van der Waals surface area contributed by atoms with Crippen molar-refractivity contribution in [3.8, 4) is 0 Å². The molecule has 0 bridgehead atoms. The maximum absolute atomic E-state index is 13.3. The Kier molecular flexibility index (Phi) is 3.96. The van der Waals surface area contributed by atoms with Crippen LogP contribution in [0.2, 0.25) is 0 Å². The molecule has 5 nitrogen and oxygen atoms in total. The van der Waals surface area contributed by atoms with Gasteiger partial charge in [-0.2, -0.15) is 8.42 Å². The van der Waals surface area contributed by atoms with Crippen molar-refractivity contribution < 1.29 is 26.9 Å². The van der Waals surface area contributed by atoms with Crippen molar-refractivity contribution in [2.24, 2.45) is 0 Å². The van der Waals surface area contributed by atoms with E-state index in [9.17, 15) is 17.6 Å². The van der Waals surface area contributed by atoms with Gasteiger partial charge in [0.15, 0.2) is 0 Å². The third kappa shape index (κ3) is 2.93. The van der Waals surface area contributed by atoms with Crippen LogP contribution in [-0.4, -0.2) is 30.5 Å². The molecule has 1 N–H and O–H groups in total. The van der Waals surface area contributed by atoms with Gasteiger partial charge in [-0.05, 0) is 6.08 Å². The third-order valence-electron chi connectivity index (χ3n) is 1.31. The fraction of sp³-hybridized carbons (Fsp3) is 0.286. The molecule has 1 atom stereocenters. The molecule has 7 heteroatoms. The highest BCUT2D eigenvalue weighted by molar-refractivity contribution is 7.87. The fourth-order valence-electron chi connectivity index (χ4n) is 0.467. The highest BCUT2D eigenvalue weighted by Crippen LogP contribution is 2.20. The van der Waals surface area contributed by atoms with E-state index in [-0.39, 0.29) is 0 Å². The minimum atomic E-state index is -5.01. The second kappa shape index (κ2) is 4.34. The average molecular weight is 224 g/mol. The second-order valence-electron chi connectivity index (χ2n) is 2.28. The fourth-order valence-corrected chi connectivity index (χ4v) is 0.886. The SMILES string of the molecule is C=CC(=O)OCC(F)(C=C)S(=O)(=O)O. The zero-order valence-corrected chi connectivity index (χ0v) is 7.96. The van der Waals surface area contributed by atoms with Crippen molar-refractivity contribution in [1.82, 2.24) is 0 Å². The summed E-state index contributed by atoms with van der Waals surface area (Å²) in [4.78, 5) is 10.5. The molecule has 0 rings (SSSR count). The number of hydrogen-bond donors (Lipinski definition) is 1. The molecule has 0 aromatic heterocycles. The molecule has 0 aromatic carbocycles. The van der Waals surface area contributed by atoms with E-state index < -0.39 is 27.7 Å². The minimum Gasteiger partial charge on any atom is -0.457 e. The molecule has 1 unspecified atom stereocenters. The van der Waals surface area contributed by atoms with Crippen LogP contribution < -0.4 is 0 Å². The highest BCUT2D eigenvalue weighted by atomic mass is 32.2. The van der Waals surface area contributed by atoms with Gasteiger partial charge in [-0.1, -0.05) is 13.2 Å². The van der Waals surface area contributed by atoms with Crippen LogP contribution in [0.1, 0.15) is 0 Å². The molecule has 0 aliphatic carbocycles. The van der Waals surface area contributed by atoms with Gasteiger partial charge in [0.25, 0.3) is 5.00 Å². The summed E-state index contributed by atoms with van der Waals surface area (Å²) in [6.45, 7) is 4.72. The number of esters is 1. The van der Waals surface area contributed by atoms with Crippen LogP contribution in [0.4, 0.5) is 4.39 Å². The first-order valence-corrected chi connectivity index (χ1v) is 4.79. The lowest BCUT2D eigenvalue weighted by molar-refractivity contribution is -0.139. The molecule has 0 heterocycles. The Bertz CT molecular complexity index is 347. The maximum Gasteiger partial charge on any atom is 0.330 e. The first-order valence-electron chi connectivity index (χ1n) is 3.35. The standard InChI is InChI=1S/C7H9FO5S/c1-3-6(9)13-5-7(8,4-2)14(10,11)12/h3-4H,1-2,5H2,(H,10,11,12). The smallest absolute Gasteiger partial charge is 0.330 e. The van der Waals surface area contributed by atoms with Crippen LogP contribution in [0.25, 0.3) is 0 Å². The van der Waals surface area contributed by atoms with E-state index in [2.05, 4.69) is 17.9 Å². The molecule has 14 heavy (non-hydrogen) atoms. The first kappa shape index (κ1) is 12.8. The number of ether oxygens (including phenoxy) is 1. The Morgan fingerprint density at radius 2 is 2.07 bits per heavy atom. The van der Waals surface area contributed by atoms with Gasteiger partial charge in [-0.3, -0.25) is 4.55 Å². The molecule has 0 fully saturated rings.